The molecule has 0 radical (unpaired) electrons. The van der Waals surface area contributed by atoms with Crippen molar-refractivity contribution in [2.75, 3.05) is 33.2 Å². The third-order valence-corrected chi connectivity index (χ3v) is 5.09. The van der Waals surface area contributed by atoms with Gasteiger partial charge < -0.3 is 4.90 Å². The van der Waals surface area contributed by atoms with Crippen molar-refractivity contribution in [1.29, 1.82) is 0 Å². The number of nitrogens with zero attached hydrogens (tertiary/aromatic N) is 5. The first-order valence-electron chi connectivity index (χ1n) is 7.73. The molecule has 116 valence electrons. The first-order chi connectivity index (χ1) is 10.7. The summed E-state index contributed by atoms with van der Waals surface area (Å²) in [5.41, 5.74) is 2.28. The maximum absolute atomic E-state index is 6.16. The third-order valence-electron chi connectivity index (χ3n) is 4.85. The molecule has 0 aliphatic carbocycles. The molecule has 2 aliphatic heterocycles. The van der Waals surface area contributed by atoms with Gasteiger partial charge in [0.2, 0.25) is 0 Å². The van der Waals surface area contributed by atoms with Crippen LogP contribution in [0.25, 0.3) is 5.69 Å². The smallest absolute Gasteiger partial charge is 0.138 e. The van der Waals surface area contributed by atoms with Gasteiger partial charge in [0.05, 0.1) is 5.69 Å². The van der Waals surface area contributed by atoms with E-state index in [1.807, 2.05) is 12.1 Å². The highest BCUT2D eigenvalue weighted by molar-refractivity contribution is 6.30. The Kier molecular flexibility index (Phi) is 3.64. The van der Waals surface area contributed by atoms with Crippen LogP contribution in [0.5, 0.6) is 0 Å². The largest absolute Gasteiger partial charge is 0.306 e. The number of benzene rings is 1. The van der Waals surface area contributed by atoms with E-state index < -0.39 is 0 Å². The molecule has 2 aliphatic rings. The van der Waals surface area contributed by atoms with E-state index in [-0.39, 0.29) is 0 Å². The van der Waals surface area contributed by atoms with Crippen LogP contribution >= 0.6 is 11.6 Å². The van der Waals surface area contributed by atoms with Crippen LogP contribution in [-0.2, 0) is 6.54 Å². The van der Waals surface area contributed by atoms with Crippen LogP contribution in [0.15, 0.2) is 30.9 Å². The minimum absolute atomic E-state index is 0.731. The number of rotatable bonds is 3. The maximum atomic E-state index is 6.16. The fourth-order valence-corrected chi connectivity index (χ4v) is 4.08. The second-order valence-electron chi connectivity index (χ2n) is 6.55. The molecule has 22 heavy (non-hydrogen) atoms. The van der Waals surface area contributed by atoms with Gasteiger partial charge in [-0.15, -0.1) is 0 Å². The SMILES string of the molecule is CN1C[C@@H]2CN(Cc3ccc(Cl)cc3-n3cncn3)C[C@@H]2C1. The van der Waals surface area contributed by atoms with E-state index in [4.69, 9.17) is 11.6 Å². The highest BCUT2D eigenvalue weighted by Crippen LogP contribution is 2.32. The summed E-state index contributed by atoms with van der Waals surface area (Å²) in [6, 6.07) is 6.04. The molecule has 0 bridgehead atoms. The van der Waals surface area contributed by atoms with Crippen molar-refractivity contribution in [1.82, 2.24) is 24.6 Å². The fraction of sp³-hybridized carbons (Fsp3) is 0.500. The van der Waals surface area contributed by atoms with Crippen LogP contribution in [0.1, 0.15) is 5.56 Å². The zero-order chi connectivity index (χ0) is 15.1. The van der Waals surface area contributed by atoms with Gasteiger partial charge in [-0.3, -0.25) is 4.90 Å². The van der Waals surface area contributed by atoms with E-state index in [9.17, 15) is 0 Å². The fourth-order valence-electron chi connectivity index (χ4n) is 3.91. The van der Waals surface area contributed by atoms with E-state index in [1.165, 1.54) is 31.7 Å². The van der Waals surface area contributed by atoms with Crippen molar-refractivity contribution in [3.8, 4) is 5.69 Å². The predicted molar refractivity (Wildman–Crippen MR) is 86.1 cm³/mol. The van der Waals surface area contributed by atoms with Gasteiger partial charge in [0.25, 0.3) is 0 Å². The summed E-state index contributed by atoms with van der Waals surface area (Å²) in [7, 11) is 2.23. The third kappa shape index (κ3) is 2.64. The second-order valence-corrected chi connectivity index (χ2v) is 6.98. The highest BCUT2D eigenvalue weighted by Gasteiger charge is 2.38. The number of aromatic nitrogens is 3. The van der Waals surface area contributed by atoms with E-state index >= 15 is 0 Å². The number of hydrogen-bond acceptors (Lipinski definition) is 4. The summed E-state index contributed by atoms with van der Waals surface area (Å²) in [6.45, 7) is 5.79. The molecule has 6 heteroatoms. The van der Waals surface area contributed by atoms with Gasteiger partial charge in [0.1, 0.15) is 12.7 Å². The molecular formula is C16H20ClN5. The average molecular weight is 318 g/mol. The van der Waals surface area contributed by atoms with Crippen molar-refractivity contribution in [3.63, 3.8) is 0 Å². The Labute approximate surface area is 135 Å². The topological polar surface area (TPSA) is 37.2 Å². The predicted octanol–water partition coefficient (Wildman–Crippen LogP) is 1.91. The van der Waals surface area contributed by atoms with E-state index in [0.717, 1.165) is 29.1 Å². The van der Waals surface area contributed by atoms with Crippen LogP contribution < -0.4 is 0 Å². The highest BCUT2D eigenvalue weighted by atomic mass is 35.5. The van der Waals surface area contributed by atoms with Crippen LogP contribution in [0.3, 0.4) is 0 Å². The number of fused-ring (bicyclic) bond motifs is 1. The summed E-state index contributed by atoms with van der Waals surface area (Å²) in [6.07, 6.45) is 3.28. The van der Waals surface area contributed by atoms with Crippen molar-refractivity contribution >= 4 is 11.6 Å². The number of hydrogen-bond donors (Lipinski definition) is 0. The lowest BCUT2D eigenvalue weighted by atomic mass is 10.0. The summed E-state index contributed by atoms with van der Waals surface area (Å²) >= 11 is 6.16. The summed E-state index contributed by atoms with van der Waals surface area (Å²) < 4.78 is 1.80. The first-order valence-corrected chi connectivity index (χ1v) is 8.11. The Bertz CT molecular complexity index is 643. The molecule has 4 rings (SSSR count). The molecule has 0 unspecified atom stereocenters. The Balaban J connectivity index is 1.54. The molecule has 2 fully saturated rings. The first kappa shape index (κ1) is 14.2. The molecule has 1 aromatic carbocycles. The van der Waals surface area contributed by atoms with Gasteiger partial charge in [-0.1, -0.05) is 17.7 Å². The van der Waals surface area contributed by atoms with Crippen LogP contribution in [0, 0.1) is 11.8 Å². The summed E-state index contributed by atoms with van der Waals surface area (Å²) in [4.78, 5) is 9.06. The lowest BCUT2D eigenvalue weighted by molar-refractivity contribution is 0.272. The zero-order valence-corrected chi connectivity index (χ0v) is 13.4. The molecule has 3 heterocycles. The normalized spacial score (nSPS) is 25.7. The minimum Gasteiger partial charge on any atom is -0.306 e. The molecule has 5 nitrogen and oxygen atoms in total. The van der Waals surface area contributed by atoms with Gasteiger partial charge in [0.15, 0.2) is 0 Å². The number of likely N-dealkylation sites (tertiary alicyclic amines) is 2. The van der Waals surface area contributed by atoms with Crippen LogP contribution in [0.2, 0.25) is 5.02 Å². The van der Waals surface area contributed by atoms with Crippen LogP contribution in [-0.4, -0.2) is 57.8 Å². The molecule has 1 aromatic heterocycles. The van der Waals surface area contributed by atoms with E-state index in [0.29, 0.717) is 0 Å². The molecule has 2 saturated heterocycles. The van der Waals surface area contributed by atoms with Crippen LogP contribution in [0.4, 0.5) is 0 Å². The van der Waals surface area contributed by atoms with E-state index in [2.05, 4.69) is 33.0 Å². The van der Waals surface area contributed by atoms with Gasteiger partial charge in [-0.25, -0.2) is 9.67 Å². The lowest BCUT2D eigenvalue weighted by Gasteiger charge is -2.20. The Morgan fingerprint density at radius 3 is 2.64 bits per heavy atom. The monoisotopic (exact) mass is 317 g/mol. The number of halogens is 1. The quantitative estimate of drug-likeness (QED) is 0.866. The molecule has 2 aromatic rings. The Morgan fingerprint density at radius 2 is 1.95 bits per heavy atom. The van der Waals surface area contributed by atoms with Gasteiger partial charge in [-0.05, 0) is 36.6 Å². The van der Waals surface area contributed by atoms with Crippen molar-refractivity contribution in [2.24, 2.45) is 11.8 Å². The van der Waals surface area contributed by atoms with Gasteiger partial charge in [0, 0.05) is 37.7 Å². The molecule has 0 N–H and O–H groups in total. The zero-order valence-electron chi connectivity index (χ0n) is 12.7. The molecule has 0 amide bonds. The van der Waals surface area contributed by atoms with E-state index in [1.54, 1.807) is 17.3 Å². The summed E-state index contributed by atoms with van der Waals surface area (Å²) in [5, 5.41) is 4.98. The molecule has 0 spiro atoms. The second kappa shape index (κ2) is 5.65. The molecular weight excluding hydrogens is 298 g/mol. The standard InChI is InChI=1S/C16H20ClN5/c1-20-5-13-8-21(9-14(13)6-20)7-12-2-3-15(17)4-16(12)22-11-18-10-19-22/h2-4,10-11,13-14H,5-9H2,1H3/t13-,14+. The Morgan fingerprint density at radius 1 is 1.18 bits per heavy atom. The lowest BCUT2D eigenvalue weighted by Crippen LogP contribution is -2.27. The van der Waals surface area contributed by atoms with Crippen molar-refractivity contribution in [3.05, 3.63) is 41.4 Å². The molecule has 0 saturated carbocycles. The van der Waals surface area contributed by atoms with Crippen molar-refractivity contribution in [2.45, 2.75) is 6.54 Å². The van der Waals surface area contributed by atoms with Crippen molar-refractivity contribution < 1.29 is 0 Å². The average Bonchev–Trinajstić information content (AvgIpc) is 3.16. The Hall–Kier alpha value is -1.43. The van der Waals surface area contributed by atoms with Gasteiger partial charge in [-0.2, -0.15) is 5.10 Å². The molecule has 2 atom stereocenters. The minimum atomic E-state index is 0.731. The maximum Gasteiger partial charge on any atom is 0.138 e. The summed E-state index contributed by atoms with van der Waals surface area (Å²) in [5.74, 6) is 1.65. The van der Waals surface area contributed by atoms with Gasteiger partial charge >= 0.3 is 0 Å².